The summed E-state index contributed by atoms with van der Waals surface area (Å²) in [5.74, 6) is -0.371. The maximum Gasteiger partial charge on any atom is 0.232 e. The van der Waals surface area contributed by atoms with Gasteiger partial charge in [0.1, 0.15) is 6.42 Å². The lowest BCUT2D eigenvalue weighted by atomic mass is 10.2. The standard InChI is InChI=1S/C10H18N2O3/c1-7-6-12(4-3-8(2)13)10(15)5-9(14)11-7/h7-8,13H,3-6H2,1-2H3,(H,11,14). The van der Waals surface area contributed by atoms with Crippen molar-refractivity contribution in [1.82, 2.24) is 10.2 Å². The number of nitrogens with zero attached hydrogens (tertiary/aromatic N) is 1. The third-order valence-electron chi connectivity index (χ3n) is 2.38. The maximum atomic E-state index is 11.6. The van der Waals surface area contributed by atoms with Gasteiger partial charge in [-0.05, 0) is 20.3 Å². The molecule has 0 aromatic carbocycles. The molecule has 1 rings (SSSR count). The van der Waals surface area contributed by atoms with E-state index in [1.54, 1.807) is 11.8 Å². The molecule has 1 aliphatic heterocycles. The molecule has 0 aromatic heterocycles. The first-order chi connectivity index (χ1) is 6.99. The Morgan fingerprint density at radius 3 is 2.87 bits per heavy atom. The molecule has 0 radical (unpaired) electrons. The van der Waals surface area contributed by atoms with Gasteiger partial charge >= 0.3 is 0 Å². The molecule has 1 saturated heterocycles. The summed E-state index contributed by atoms with van der Waals surface area (Å²) >= 11 is 0. The summed E-state index contributed by atoms with van der Waals surface area (Å²) in [6.07, 6.45) is 0.0524. The predicted octanol–water partition coefficient (Wildman–Crippen LogP) is -0.506. The molecular formula is C10H18N2O3. The number of aliphatic hydroxyl groups excluding tert-OH is 1. The molecule has 86 valence electrons. The van der Waals surface area contributed by atoms with Gasteiger partial charge < -0.3 is 15.3 Å². The number of rotatable bonds is 3. The molecule has 2 amide bonds. The molecule has 1 aliphatic rings. The second-order valence-corrected chi connectivity index (χ2v) is 4.12. The first-order valence-corrected chi connectivity index (χ1v) is 5.24. The van der Waals surface area contributed by atoms with E-state index >= 15 is 0 Å². The number of carbonyl (C=O) groups excluding carboxylic acids is 2. The number of aliphatic hydroxyl groups is 1. The highest BCUT2D eigenvalue weighted by atomic mass is 16.3. The van der Waals surface area contributed by atoms with Gasteiger partial charge in [0.25, 0.3) is 0 Å². The van der Waals surface area contributed by atoms with Crippen LogP contribution in [0.3, 0.4) is 0 Å². The highest BCUT2D eigenvalue weighted by molar-refractivity contribution is 5.97. The highest BCUT2D eigenvalue weighted by Gasteiger charge is 2.24. The van der Waals surface area contributed by atoms with Crippen LogP contribution in [0.1, 0.15) is 26.7 Å². The quantitative estimate of drug-likeness (QED) is 0.622. The number of amides is 2. The Morgan fingerprint density at radius 1 is 1.60 bits per heavy atom. The summed E-state index contributed by atoms with van der Waals surface area (Å²) in [5.41, 5.74) is 0. The van der Waals surface area contributed by atoms with Gasteiger partial charge in [-0.15, -0.1) is 0 Å². The summed E-state index contributed by atoms with van der Waals surface area (Å²) in [5, 5.41) is 11.9. The zero-order chi connectivity index (χ0) is 11.4. The monoisotopic (exact) mass is 214 g/mol. The normalized spacial score (nSPS) is 24.7. The van der Waals surface area contributed by atoms with E-state index in [2.05, 4.69) is 5.32 Å². The average molecular weight is 214 g/mol. The van der Waals surface area contributed by atoms with Crippen LogP contribution in [0.15, 0.2) is 0 Å². The SMILES string of the molecule is CC(O)CCN1CC(C)NC(=O)CC1=O. The molecule has 0 aromatic rings. The van der Waals surface area contributed by atoms with Gasteiger partial charge in [-0.1, -0.05) is 0 Å². The van der Waals surface area contributed by atoms with Crippen LogP contribution >= 0.6 is 0 Å². The topological polar surface area (TPSA) is 69.6 Å². The first kappa shape index (κ1) is 12.0. The van der Waals surface area contributed by atoms with Crippen molar-refractivity contribution in [2.24, 2.45) is 0 Å². The molecule has 0 spiro atoms. The Bertz CT molecular complexity index is 253. The van der Waals surface area contributed by atoms with Gasteiger partial charge in [-0.3, -0.25) is 9.59 Å². The zero-order valence-corrected chi connectivity index (χ0v) is 9.19. The number of nitrogens with one attached hydrogen (secondary N) is 1. The van der Waals surface area contributed by atoms with E-state index in [1.165, 1.54) is 0 Å². The molecule has 5 nitrogen and oxygen atoms in total. The fraction of sp³-hybridized carbons (Fsp3) is 0.800. The molecule has 2 atom stereocenters. The summed E-state index contributed by atoms with van der Waals surface area (Å²) in [4.78, 5) is 24.4. The van der Waals surface area contributed by atoms with Crippen molar-refractivity contribution in [3.05, 3.63) is 0 Å². The van der Waals surface area contributed by atoms with Gasteiger partial charge in [0.15, 0.2) is 0 Å². The predicted molar refractivity (Wildman–Crippen MR) is 55.1 cm³/mol. The van der Waals surface area contributed by atoms with E-state index in [9.17, 15) is 9.59 Å². The van der Waals surface area contributed by atoms with Crippen LogP contribution in [0.2, 0.25) is 0 Å². The minimum absolute atomic E-state index is 0.0158. The summed E-state index contributed by atoms with van der Waals surface area (Å²) < 4.78 is 0. The van der Waals surface area contributed by atoms with Crippen LogP contribution in [0.25, 0.3) is 0 Å². The largest absolute Gasteiger partial charge is 0.393 e. The molecule has 1 heterocycles. The van der Waals surface area contributed by atoms with Gasteiger partial charge in [0, 0.05) is 19.1 Å². The van der Waals surface area contributed by atoms with E-state index in [0.717, 1.165) is 0 Å². The third kappa shape index (κ3) is 3.87. The molecule has 5 heteroatoms. The molecular weight excluding hydrogens is 196 g/mol. The first-order valence-electron chi connectivity index (χ1n) is 5.24. The highest BCUT2D eigenvalue weighted by Crippen LogP contribution is 2.05. The molecule has 2 N–H and O–H groups in total. The third-order valence-corrected chi connectivity index (χ3v) is 2.38. The van der Waals surface area contributed by atoms with Crippen LogP contribution in [0, 0.1) is 0 Å². The van der Waals surface area contributed by atoms with E-state index in [1.807, 2.05) is 6.92 Å². The fourth-order valence-corrected chi connectivity index (χ4v) is 1.61. The fourth-order valence-electron chi connectivity index (χ4n) is 1.61. The van der Waals surface area contributed by atoms with Gasteiger partial charge in [-0.25, -0.2) is 0 Å². The van der Waals surface area contributed by atoms with Crippen molar-refractivity contribution in [3.8, 4) is 0 Å². The average Bonchev–Trinajstić information content (AvgIpc) is 2.21. The van der Waals surface area contributed by atoms with E-state index < -0.39 is 6.10 Å². The molecule has 0 saturated carbocycles. The smallest absolute Gasteiger partial charge is 0.232 e. The maximum absolute atomic E-state index is 11.6. The summed E-state index contributed by atoms with van der Waals surface area (Å²) in [7, 11) is 0. The lowest BCUT2D eigenvalue weighted by Gasteiger charge is -2.22. The van der Waals surface area contributed by atoms with Crippen molar-refractivity contribution >= 4 is 11.8 Å². The Kier molecular flexibility index (Phi) is 4.08. The molecule has 0 bridgehead atoms. The molecule has 2 unspecified atom stereocenters. The van der Waals surface area contributed by atoms with Crippen molar-refractivity contribution in [2.75, 3.05) is 13.1 Å². The number of hydrogen-bond donors (Lipinski definition) is 2. The van der Waals surface area contributed by atoms with E-state index in [-0.39, 0.29) is 24.3 Å². The Balaban J connectivity index is 2.54. The van der Waals surface area contributed by atoms with Crippen molar-refractivity contribution in [1.29, 1.82) is 0 Å². The van der Waals surface area contributed by atoms with E-state index in [0.29, 0.717) is 19.5 Å². The Labute approximate surface area is 89.4 Å². The van der Waals surface area contributed by atoms with Gasteiger partial charge in [0.2, 0.25) is 11.8 Å². The van der Waals surface area contributed by atoms with Gasteiger partial charge in [0.05, 0.1) is 6.10 Å². The zero-order valence-electron chi connectivity index (χ0n) is 9.19. The van der Waals surface area contributed by atoms with Crippen molar-refractivity contribution < 1.29 is 14.7 Å². The second kappa shape index (κ2) is 5.11. The van der Waals surface area contributed by atoms with Crippen molar-refractivity contribution in [2.45, 2.75) is 38.8 Å². The van der Waals surface area contributed by atoms with E-state index in [4.69, 9.17) is 5.11 Å². The Morgan fingerprint density at radius 2 is 2.27 bits per heavy atom. The number of hydrogen-bond acceptors (Lipinski definition) is 3. The van der Waals surface area contributed by atoms with Crippen LogP contribution in [0.4, 0.5) is 0 Å². The molecule has 0 aliphatic carbocycles. The van der Waals surface area contributed by atoms with Crippen LogP contribution in [0.5, 0.6) is 0 Å². The molecule has 1 fully saturated rings. The van der Waals surface area contributed by atoms with Crippen molar-refractivity contribution in [3.63, 3.8) is 0 Å². The van der Waals surface area contributed by atoms with Crippen LogP contribution < -0.4 is 5.32 Å². The van der Waals surface area contributed by atoms with Gasteiger partial charge in [-0.2, -0.15) is 0 Å². The number of carbonyl (C=O) groups is 2. The minimum atomic E-state index is -0.417. The van der Waals surface area contributed by atoms with Crippen LogP contribution in [-0.2, 0) is 9.59 Å². The lowest BCUT2D eigenvalue weighted by Crippen LogP contribution is -2.39. The second-order valence-electron chi connectivity index (χ2n) is 4.12. The summed E-state index contributed by atoms with van der Waals surface area (Å²) in [6, 6.07) is -0.0158. The minimum Gasteiger partial charge on any atom is -0.393 e. The van der Waals surface area contributed by atoms with Crippen LogP contribution in [-0.4, -0.2) is 47.1 Å². The summed E-state index contributed by atoms with van der Waals surface area (Å²) in [6.45, 7) is 4.59. The lowest BCUT2D eigenvalue weighted by molar-refractivity contribution is -0.134. The molecule has 15 heavy (non-hydrogen) atoms. The Hall–Kier alpha value is -1.10.